The third kappa shape index (κ3) is 6.20. The number of nitrogens with zero attached hydrogens (tertiary/aromatic N) is 3. The smallest absolute Gasteiger partial charge is 0.253 e. The highest BCUT2D eigenvalue weighted by Crippen LogP contribution is 2.19. The first-order valence-corrected chi connectivity index (χ1v) is 12.3. The Morgan fingerprint density at radius 3 is 2.82 bits per heavy atom. The fraction of sp³-hybridized carbons (Fsp3) is 0.423. The Balaban J connectivity index is 1.47. The molecule has 0 unspecified atom stereocenters. The molecule has 180 valence electrons. The molecular weight excluding hydrogens is 446 g/mol. The van der Waals surface area contributed by atoms with Gasteiger partial charge in [-0.15, -0.1) is 0 Å². The van der Waals surface area contributed by atoms with Gasteiger partial charge in [0.05, 0.1) is 25.3 Å². The fourth-order valence-electron chi connectivity index (χ4n) is 4.24. The number of pyridine rings is 2. The normalized spacial score (nSPS) is 14.3. The molecule has 3 heterocycles. The molecule has 1 saturated heterocycles. The second-order valence-corrected chi connectivity index (χ2v) is 9.24. The van der Waals surface area contributed by atoms with Gasteiger partial charge >= 0.3 is 0 Å². The van der Waals surface area contributed by atoms with Crippen LogP contribution in [0.5, 0.6) is 0 Å². The van der Waals surface area contributed by atoms with Gasteiger partial charge < -0.3 is 19.9 Å². The molecule has 2 aromatic heterocycles. The molecule has 0 spiro atoms. The molecule has 4 rings (SSSR count). The summed E-state index contributed by atoms with van der Waals surface area (Å²) in [6.07, 6.45) is 4.59. The fourth-order valence-corrected chi connectivity index (χ4v) is 4.47. The Morgan fingerprint density at radius 2 is 2.06 bits per heavy atom. The second kappa shape index (κ2) is 11.6. The van der Waals surface area contributed by atoms with Crippen molar-refractivity contribution < 1.29 is 4.74 Å². The monoisotopic (exact) mass is 479 g/mol. The number of rotatable bonds is 8. The van der Waals surface area contributed by atoms with Crippen LogP contribution in [-0.2, 0) is 17.8 Å². The van der Waals surface area contributed by atoms with Crippen LogP contribution in [0, 0.1) is 13.8 Å². The van der Waals surface area contributed by atoms with E-state index in [0.717, 1.165) is 73.4 Å². The Labute approximate surface area is 206 Å². The molecule has 0 radical (unpaired) electrons. The van der Waals surface area contributed by atoms with Gasteiger partial charge in [-0.25, -0.2) is 0 Å². The van der Waals surface area contributed by atoms with Gasteiger partial charge in [0.2, 0.25) is 0 Å². The summed E-state index contributed by atoms with van der Waals surface area (Å²) in [5, 5.41) is 5.08. The maximum Gasteiger partial charge on any atom is 0.253 e. The van der Waals surface area contributed by atoms with Gasteiger partial charge in [-0.3, -0.25) is 14.7 Å². The van der Waals surface area contributed by atoms with Crippen molar-refractivity contribution in [3.63, 3.8) is 0 Å². The third-order valence-electron chi connectivity index (χ3n) is 6.40. The average molecular weight is 480 g/mol. The van der Waals surface area contributed by atoms with Crippen molar-refractivity contribution in [3.8, 4) is 0 Å². The summed E-state index contributed by atoms with van der Waals surface area (Å²) in [7, 11) is 0. The molecule has 0 amide bonds. The average Bonchev–Trinajstić information content (AvgIpc) is 2.86. The quantitative estimate of drug-likeness (QED) is 0.380. The van der Waals surface area contributed by atoms with Crippen molar-refractivity contribution in [3.05, 3.63) is 75.3 Å². The Hall–Kier alpha value is -2.81. The summed E-state index contributed by atoms with van der Waals surface area (Å²) in [5.74, 6) is 0. The van der Waals surface area contributed by atoms with Crippen LogP contribution in [0.4, 0.5) is 0 Å². The van der Waals surface area contributed by atoms with Gasteiger partial charge in [0.15, 0.2) is 5.11 Å². The maximum atomic E-state index is 13.0. The van der Waals surface area contributed by atoms with Crippen molar-refractivity contribution >= 4 is 28.2 Å². The molecule has 0 atom stereocenters. The zero-order valence-corrected chi connectivity index (χ0v) is 20.8. The van der Waals surface area contributed by atoms with Crippen LogP contribution in [0.1, 0.15) is 28.7 Å². The van der Waals surface area contributed by atoms with E-state index in [1.54, 1.807) is 6.20 Å². The molecule has 1 aromatic carbocycles. The van der Waals surface area contributed by atoms with E-state index in [0.29, 0.717) is 23.8 Å². The number of benzene rings is 1. The highest BCUT2D eigenvalue weighted by Gasteiger charge is 2.15. The van der Waals surface area contributed by atoms with Crippen molar-refractivity contribution in [1.29, 1.82) is 0 Å². The number of hydrogen-bond donors (Lipinski definition) is 2. The minimum atomic E-state index is -0.0764. The molecule has 8 heteroatoms. The summed E-state index contributed by atoms with van der Waals surface area (Å²) in [6.45, 7) is 10.5. The molecule has 2 N–H and O–H groups in total. The summed E-state index contributed by atoms with van der Waals surface area (Å²) in [6, 6.07) is 10.1. The highest BCUT2D eigenvalue weighted by atomic mass is 32.1. The lowest BCUT2D eigenvalue weighted by molar-refractivity contribution is 0.0376. The predicted molar refractivity (Wildman–Crippen MR) is 140 cm³/mol. The topological polar surface area (TPSA) is 73.5 Å². The predicted octanol–water partition coefficient (Wildman–Crippen LogP) is 3.14. The van der Waals surface area contributed by atoms with Crippen molar-refractivity contribution in [2.75, 3.05) is 39.4 Å². The molecule has 1 aliphatic heterocycles. The molecule has 34 heavy (non-hydrogen) atoms. The van der Waals surface area contributed by atoms with Gasteiger partial charge in [-0.05, 0) is 73.2 Å². The lowest BCUT2D eigenvalue weighted by atomic mass is 10.0. The standard InChI is InChI=1S/C26H33N5O2S/c1-19-6-7-22-15-23(25(32)29-24(22)20(19)2)18-31(17-21-5-3-8-27-16-21)26(34)28-9-4-10-30-11-13-33-14-12-30/h3,5-8,15-16H,4,9-14,17-18H2,1-2H3,(H,28,34)(H,29,32). The molecule has 7 nitrogen and oxygen atoms in total. The molecular formula is C26H33N5O2S. The van der Waals surface area contributed by atoms with Crippen LogP contribution >= 0.6 is 12.2 Å². The summed E-state index contributed by atoms with van der Waals surface area (Å²) in [4.78, 5) is 24.7. The lowest BCUT2D eigenvalue weighted by Gasteiger charge is -2.28. The van der Waals surface area contributed by atoms with Crippen LogP contribution < -0.4 is 10.9 Å². The van der Waals surface area contributed by atoms with Gasteiger partial charge in [0.25, 0.3) is 5.56 Å². The first-order chi connectivity index (χ1) is 16.5. The van der Waals surface area contributed by atoms with E-state index in [1.807, 2.05) is 36.2 Å². The first-order valence-electron chi connectivity index (χ1n) is 11.8. The van der Waals surface area contributed by atoms with E-state index >= 15 is 0 Å². The number of thiocarbonyl (C=S) groups is 1. The number of morpholine rings is 1. The number of aromatic nitrogens is 2. The van der Waals surface area contributed by atoms with Crippen LogP contribution in [-0.4, -0.2) is 64.3 Å². The Morgan fingerprint density at radius 1 is 1.24 bits per heavy atom. The largest absolute Gasteiger partial charge is 0.379 e. The number of ether oxygens (including phenoxy) is 1. The van der Waals surface area contributed by atoms with Crippen molar-refractivity contribution in [2.24, 2.45) is 0 Å². The van der Waals surface area contributed by atoms with Crippen LogP contribution in [0.3, 0.4) is 0 Å². The molecule has 0 saturated carbocycles. The third-order valence-corrected chi connectivity index (χ3v) is 6.81. The minimum absolute atomic E-state index is 0.0764. The number of H-pyrrole nitrogens is 1. The van der Waals surface area contributed by atoms with E-state index in [-0.39, 0.29) is 5.56 Å². The molecule has 0 aliphatic carbocycles. The van der Waals surface area contributed by atoms with Crippen molar-refractivity contribution in [2.45, 2.75) is 33.4 Å². The number of fused-ring (bicyclic) bond motifs is 1. The van der Waals surface area contributed by atoms with E-state index in [1.165, 1.54) is 0 Å². The summed E-state index contributed by atoms with van der Waals surface area (Å²) >= 11 is 5.77. The van der Waals surface area contributed by atoms with Gasteiger partial charge in [0.1, 0.15) is 0 Å². The summed E-state index contributed by atoms with van der Waals surface area (Å²) in [5.41, 5.74) is 4.83. The van der Waals surface area contributed by atoms with Crippen LogP contribution in [0.15, 0.2) is 47.5 Å². The molecule has 3 aromatic rings. The summed E-state index contributed by atoms with van der Waals surface area (Å²) < 4.78 is 5.42. The molecule has 0 bridgehead atoms. The zero-order valence-electron chi connectivity index (χ0n) is 20.0. The van der Waals surface area contributed by atoms with E-state index in [4.69, 9.17) is 17.0 Å². The van der Waals surface area contributed by atoms with Gasteiger partial charge in [-0.2, -0.15) is 0 Å². The second-order valence-electron chi connectivity index (χ2n) is 8.85. The van der Waals surface area contributed by atoms with E-state index < -0.39 is 0 Å². The van der Waals surface area contributed by atoms with Crippen molar-refractivity contribution in [1.82, 2.24) is 25.1 Å². The minimum Gasteiger partial charge on any atom is -0.379 e. The van der Waals surface area contributed by atoms with Crippen LogP contribution in [0.2, 0.25) is 0 Å². The number of aromatic amines is 1. The SMILES string of the molecule is Cc1ccc2cc(CN(Cc3cccnc3)C(=S)NCCCN3CCOCC3)c(=O)[nH]c2c1C. The molecule has 1 fully saturated rings. The van der Waals surface area contributed by atoms with Crippen LogP contribution in [0.25, 0.3) is 10.9 Å². The maximum absolute atomic E-state index is 13.0. The zero-order chi connectivity index (χ0) is 23.9. The Kier molecular flexibility index (Phi) is 8.26. The van der Waals surface area contributed by atoms with E-state index in [2.05, 4.69) is 39.2 Å². The van der Waals surface area contributed by atoms with E-state index in [9.17, 15) is 4.79 Å². The van der Waals surface area contributed by atoms with Gasteiger partial charge in [-0.1, -0.05) is 18.2 Å². The highest BCUT2D eigenvalue weighted by molar-refractivity contribution is 7.80. The first kappa shape index (κ1) is 24.3. The lowest BCUT2D eigenvalue weighted by Crippen LogP contribution is -2.42. The Bertz CT molecular complexity index is 1180. The number of aryl methyl sites for hydroxylation is 2. The molecule has 1 aliphatic rings. The van der Waals surface area contributed by atoms with Gasteiger partial charge in [0, 0.05) is 44.1 Å². The number of hydrogen-bond acceptors (Lipinski definition) is 5. The number of nitrogens with one attached hydrogen (secondary N) is 2.